The molecular weight excluding hydrogens is 255 g/mol. The van der Waals surface area contributed by atoms with Crippen LogP contribution in [0.15, 0.2) is 5.83 Å². The second kappa shape index (κ2) is 3.71. The van der Waals surface area contributed by atoms with E-state index in [0.29, 0.717) is 0 Å². The number of alkyl halides is 2. The number of aromatic nitrogens is 1. The van der Waals surface area contributed by atoms with E-state index < -0.39 is 52.8 Å². The largest absolute Gasteiger partial charge is 0.252 e. The van der Waals surface area contributed by atoms with Gasteiger partial charge in [0.1, 0.15) is 0 Å². The minimum Gasteiger partial charge on any atom is -0.238 e. The number of nitrogens with zero attached hydrogens (tertiary/aromatic N) is 1. The Hall–Kier alpha value is -1.60. The maximum atomic E-state index is 13.2. The molecule has 92 valence electrons. The summed E-state index contributed by atoms with van der Waals surface area (Å²) in [5.74, 6) is -10.5. The van der Waals surface area contributed by atoms with Crippen LogP contribution in [0, 0.1) is 17.7 Å². The third-order valence-corrected chi connectivity index (χ3v) is 2.29. The fourth-order valence-corrected chi connectivity index (χ4v) is 1.50. The second-order valence-corrected chi connectivity index (χ2v) is 3.26. The number of allylic oxidation sites excluding steroid dienone is 1. The van der Waals surface area contributed by atoms with Crippen molar-refractivity contribution in [3.05, 3.63) is 34.7 Å². The summed E-state index contributed by atoms with van der Waals surface area (Å²) in [5.41, 5.74) is -3.07. The van der Waals surface area contributed by atoms with E-state index in [4.69, 9.17) is 0 Å². The van der Waals surface area contributed by atoms with Crippen LogP contribution in [0.1, 0.15) is 17.3 Å². The van der Waals surface area contributed by atoms with E-state index in [0.717, 1.165) is 0 Å². The Balaban J connectivity index is 2.85. The van der Waals surface area contributed by atoms with Gasteiger partial charge in [0.05, 0.1) is 11.1 Å². The van der Waals surface area contributed by atoms with Gasteiger partial charge in [-0.15, -0.1) is 0 Å². The molecule has 0 N–H and O–H groups in total. The van der Waals surface area contributed by atoms with E-state index in [1.54, 1.807) is 0 Å². The second-order valence-electron chi connectivity index (χ2n) is 3.26. The third kappa shape index (κ3) is 1.50. The van der Waals surface area contributed by atoms with Crippen LogP contribution < -0.4 is 0 Å². The van der Waals surface area contributed by atoms with E-state index in [2.05, 4.69) is 4.98 Å². The molecule has 0 radical (unpaired) electrons. The molecule has 2 rings (SSSR count). The van der Waals surface area contributed by atoms with Crippen molar-refractivity contribution in [3.63, 3.8) is 0 Å². The number of hydrogen-bond donors (Lipinski definition) is 0. The fraction of sp³-hybridized carbons (Fsp3) is 0.222. The Kier molecular flexibility index (Phi) is 2.59. The number of fused-ring (bicyclic) bond motifs is 1. The lowest BCUT2D eigenvalue weighted by atomic mass is 9.94. The topological polar surface area (TPSA) is 12.9 Å². The van der Waals surface area contributed by atoms with E-state index in [-0.39, 0.29) is 0 Å². The van der Waals surface area contributed by atoms with Crippen LogP contribution >= 0.6 is 0 Å². The first-order valence-corrected chi connectivity index (χ1v) is 4.24. The number of halogens is 7. The molecular formula is C9H2F7N. The van der Waals surface area contributed by atoms with Gasteiger partial charge in [-0.1, -0.05) is 0 Å². The lowest BCUT2D eigenvalue weighted by Gasteiger charge is -2.21. The SMILES string of the molecule is FC1=C(F)C(F)C(F)c2c(F)nc(F)c(F)c21. The molecule has 0 amide bonds. The van der Waals surface area contributed by atoms with Crippen molar-refractivity contribution in [2.75, 3.05) is 0 Å². The molecule has 0 saturated carbocycles. The number of rotatable bonds is 0. The third-order valence-electron chi connectivity index (χ3n) is 2.29. The van der Waals surface area contributed by atoms with Crippen LogP contribution in [0.5, 0.6) is 0 Å². The highest BCUT2D eigenvalue weighted by molar-refractivity contribution is 5.68. The standard InChI is InChI=1S/C9H2F7N/c10-3-1-2(4(11)7(14)6(3)13)8(15)17-9(16)5(1)12/h4,7H. The van der Waals surface area contributed by atoms with E-state index in [1.807, 2.05) is 0 Å². The molecule has 1 heterocycles. The molecule has 1 aromatic rings. The molecule has 1 aliphatic carbocycles. The molecule has 2 unspecified atom stereocenters. The molecule has 0 fully saturated rings. The average molecular weight is 257 g/mol. The molecule has 1 aliphatic rings. The first kappa shape index (κ1) is 11.9. The van der Waals surface area contributed by atoms with Gasteiger partial charge in [-0.25, -0.2) is 22.0 Å². The molecule has 0 aliphatic heterocycles. The summed E-state index contributed by atoms with van der Waals surface area (Å²) in [7, 11) is 0. The Bertz CT molecular complexity index is 525. The predicted octanol–water partition coefficient (Wildman–Crippen LogP) is 3.47. The van der Waals surface area contributed by atoms with Crippen LogP contribution in [-0.4, -0.2) is 11.2 Å². The van der Waals surface area contributed by atoms with Gasteiger partial charge in [0.15, 0.2) is 29.8 Å². The Morgan fingerprint density at radius 2 is 1.41 bits per heavy atom. The lowest BCUT2D eigenvalue weighted by molar-refractivity contribution is 0.162. The number of pyridine rings is 1. The highest BCUT2D eigenvalue weighted by Crippen LogP contribution is 2.44. The van der Waals surface area contributed by atoms with Crippen molar-refractivity contribution in [2.24, 2.45) is 0 Å². The summed E-state index contributed by atoms with van der Waals surface area (Å²) in [5, 5.41) is 0. The molecule has 2 atom stereocenters. The van der Waals surface area contributed by atoms with Gasteiger partial charge in [-0.3, -0.25) is 0 Å². The minimum atomic E-state index is -3.11. The van der Waals surface area contributed by atoms with Gasteiger partial charge in [-0.2, -0.15) is 13.8 Å². The van der Waals surface area contributed by atoms with Crippen LogP contribution in [-0.2, 0) is 0 Å². The fourth-order valence-electron chi connectivity index (χ4n) is 1.50. The van der Waals surface area contributed by atoms with E-state index >= 15 is 0 Å². The van der Waals surface area contributed by atoms with Gasteiger partial charge in [0.25, 0.3) is 5.95 Å². The zero-order valence-corrected chi connectivity index (χ0v) is 7.75. The maximum Gasteiger partial charge on any atom is 0.252 e. The maximum absolute atomic E-state index is 13.2. The van der Waals surface area contributed by atoms with Crippen molar-refractivity contribution in [3.8, 4) is 0 Å². The summed E-state index contributed by atoms with van der Waals surface area (Å²) in [6, 6.07) is 0. The van der Waals surface area contributed by atoms with Crippen molar-refractivity contribution in [2.45, 2.75) is 12.3 Å². The Morgan fingerprint density at radius 3 is 2.00 bits per heavy atom. The normalized spacial score (nSPS) is 23.9. The van der Waals surface area contributed by atoms with E-state index in [9.17, 15) is 30.7 Å². The van der Waals surface area contributed by atoms with Gasteiger partial charge >= 0.3 is 0 Å². The Labute approximate surface area is 89.6 Å². The highest BCUT2D eigenvalue weighted by Gasteiger charge is 2.42. The molecule has 0 saturated heterocycles. The Morgan fingerprint density at radius 1 is 0.824 bits per heavy atom. The van der Waals surface area contributed by atoms with Crippen molar-refractivity contribution in [1.29, 1.82) is 0 Å². The van der Waals surface area contributed by atoms with Gasteiger partial charge in [-0.05, 0) is 0 Å². The average Bonchev–Trinajstić information content (AvgIpc) is 2.28. The monoisotopic (exact) mass is 257 g/mol. The molecule has 0 spiro atoms. The summed E-state index contributed by atoms with van der Waals surface area (Å²) < 4.78 is 90.6. The highest BCUT2D eigenvalue weighted by atomic mass is 19.2. The summed E-state index contributed by atoms with van der Waals surface area (Å²) in [6.07, 6.45) is -6.09. The lowest BCUT2D eigenvalue weighted by Crippen LogP contribution is -2.22. The molecule has 0 bridgehead atoms. The zero-order valence-electron chi connectivity index (χ0n) is 7.75. The predicted molar refractivity (Wildman–Crippen MR) is 42.0 cm³/mol. The van der Waals surface area contributed by atoms with Gasteiger partial charge in [0, 0.05) is 0 Å². The van der Waals surface area contributed by atoms with Gasteiger partial charge < -0.3 is 0 Å². The molecule has 1 nitrogen and oxygen atoms in total. The molecule has 1 aromatic heterocycles. The first-order valence-electron chi connectivity index (χ1n) is 4.24. The first-order chi connectivity index (χ1) is 7.86. The molecule has 8 heteroatoms. The quantitative estimate of drug-likeness (QED) is 0.512. The van der Waals surface area contributed by atoms with Crippen LogP contribution in [0.3, 0.4) is 0 Å². The van der Waals surface area contributed by atoms with Crippen LogP contribution in [0.4, 0.5) is 30.7 Å². The van der Waals surface area contributed by atoms with Crippen LogP contribution in [0.25, 0.3) is 5.83 Å². The number of hydrogen-bond acceptors (Lipinski definition) is 1. The zero-order chi connectivity index (χ0) is 12.9. The molecule has 17 heavy (non-hydrogen) atoms. The summed E-state index contributed by atoms with van der Waals surface area (Å²) in [6.45, 7) is 0. The van der Waals surface area contributed by atoms with E-state index in [1.165, 1.54) is 0 Å². The summed E-state index contributed by atoms with van der Waals surface area (Å²) in [4.78, 5) is 2.30. The van der Waals surface area contributed by atoms with Crippen molar-refractivity contribution >= 4 is 5.83 Å². The van der Waals surface area contributed by atoms with Crippen molar-refractivity contribution < 1.29 is 30.7 Å². The van der Waals surface area contributed by atoms with Gasteiger partial charge in [0.2, 0.25) is 5.95 Å². The minimum absolute atomic E-state index is 1.46. The smallest absolute Gasteiger partial charge is 0.238 e. The summed E-state index contributed by atoms with van der Waals surface area (Å²) >= 11 is 0. The van der Waals surface area contributed by atoms with Crippen LogP contribution in [0.2, 0.25) is 0 Å². The molecule has 0 aromatic carbocycles. The van der Waals surface area contributed by atoms with Crippen molar-refractivity contribution in [1.82, 2.24) is 4.98 Å².